The average molecular weight is 509 g/mol. The van der Waals surface area contributed by atoms with E-state index in [1.54, 1.807) is 12.1 Å². The van der Waals surface area contributed by atoms with Crippen LogP contribution in [-0.4, -0.2) is 46.5 Å². The maximum atomic E-state index is 13.2. The Kier molecular flexibility index (Phi) is 15.7. The molecule has 0 saturated heterocycles. The highest BCUT2D eigenvalue weighted by Gasteiger charge is 2.32. The van der Waals surface area contributed by atoms with E-state index in [4.69, 9.17) is 23.7 Å². The molecule has 0 N–H and O–H groups in total. The first kappa shape index (κ1) is 31.6. The van der Waals surface area contributed by atoms with Crippen molar-refractivity contribution in [1.29, 1.82) is 0 Å². The molecule has 1 aromatic rings. The van der Waals surface area contributed by atoms with Gasteiger partial charge in [-0.2, -0.15) is 0 Å². The first-order chi connectivity index (χ1) is 17.4. The number of rotatable bonds is 19. The lowest BCUT2D eigenvalue weighted by Crippen LogP contribution is -2.32. The molecule has 0 amide bonds. The van der Waals surface area contributed by atoms with E-state index in [2.05, 4.69) is 27.7 Å². The highest BCUT2D eigenvalue weighted by atomic mass is 16.6. The highest BCUT2D eigenvalue weighted by molar-refractivity contribution is 5.95. The topological polar surface area (TPSA) is 80.3 Å². The third kappa shape index (κ3) is 10.3. The van der Waals surface area contributed by atoms with Crippen LogP contribution >= 0.6 is 0 Å². The monoisotopic (exact) mass is 508 g/mol. The third-order valence-corrected chi connectivity index (χ3v) is 6.74. The summed E-state index contributed by atoms with van der Waals surface area (Å²) in [5.74, 6) is -0.229. The zero-order valence-electron chi connectivity index (χ0n) is 23.5. The Morgan fingerprint density at radius 3 is 1.50 bits per heavy atom. The number of benzene rings is 1. The molecular formula is C29H48O7. The molecule has 0 radical (unpaired) electrons. The lowest BCUT2D eigenvalue weighted by atomic mass is 9.97. The van der Waals surface area contributed by atoms with Gasteiger partial charge in [0.05, 0.1) is 34.5 Å². The second kappa shape index (κ2) is 17.9. The Morgan fingerprint density at radius 1 is 0.722 bits per heavy atom. The number of carbonyl (C=O) groups excluding carboxylic acids is 2. The molecule has 2 atom stereocenters. The Morgan fingerprint density at radius 2 is 1.17 bits per heavy atom. The molecule has 36 heavy (non-hydrogen) atoms. The highest BCUT2D eigenvalue weighted by Crippen LogP contribution is 2.39. The Hall–Kier alpha value is -2.44. The van der Waals surface area contributed by atoms with Crippen LogP contribution in [0, 0.1) is 17.8 Å². The van der Waals surface area contributed by atoms with Crippen LogP contribution < -0.4 is 14.2 Å². The van der Waals surface area contributed by atoms with Crippen molar-refractivity contribution < 1.29 is 33.3 Å². The molecule has 0 aliphatic rings. The van der Waals surface area contributed by atoms with E-state index in [0.29, 0.717) is 36.0 Å². The van der Waals surface area contributed by atoms with Gasteiger partial charge in [-0.25, -0.2) is 0 Å². The van der Waals surface area contributed by atoms with Gasteiger partial charge < -0.3 is 23.7 Å². The van der Waals surface area contributed by atoms with Crippen molar-refractivity contribution in [2.45, 2.75) is 85.5 Å². The minimum atomic E-state index is -1.07. The summed E-state index contributed by atoms with van der Waals surface area (Å²) in [5, 5.41) is 0. The molecule has 0 heterocycles. The molecule has 2 unspecified atom stereocenters. The van der Waals surface area contributed by atoms with Gasteiger partial charge in [0, 0.05) is 0 Å². The fourth-order valence-electron chi connectivity index (χ4n) is 4.15. The summed E-state index contributed by atoms with van der Waals surface area (Å²) in [6, 6.07) is 3.50. The van der Waals surface area contributed by atoms with Gasteiger partial charge in [0.25, 0.3) is 0 Å². The molecule has 0 aliphatic heterocycles. The van der Waals surface area contributed by atoms with Crippen molar-refractivity contribution in [3.05, 3.63) is 17.7 Å². The number of esters is 2. The van der Waals surface area contributed by atoms with Gasteiger partial charge in [0.2, 0.25) is 5.75 Å². The van der Waals surface area contributed by atoms with E-state index in [1.807, 2.05) is 0 Å². The molecule has 0 saturated carbocycles. The molecule has 0 aromatic heterocycles. The zero-order chi connectivity index (χ0) is 26.9. The van der Waals surface area contributed by atoms with E-state index >= 15 is 0 Å². The zero-order valence-corrected chi connectivity index (χ0v) is 23.5. The summed E-state index contributed by atoms with van der Waals surface area (Å²) in [5.41, 5.74) is 0.694. The summed E-state index contributed by atoms with van der Waals surface area (Å²) in [6.45, 7) is 9.09. The molecule has 0 spiro atoms. The van der Waals surface area contributed by atoms with E-state index < -0.39 is 17.9 Å². The van der Waals surface area contributed by atoms with Crippen LogP contribution in [0.4, 0.5) is 0 Å². The number of unbranched alkanes of at least 4 members (excludes halogenated alkanes) is 2. The number of hydrogen-bond donors (Lipinski definition) is 0. The van der Waals surface area contributed by atoms with Gasteiger partial charge in [-0.15, -0.1) is 0 Å². The quantitative estimate of drug-likeness (QED) is 0.158. The summed E-state index contributed by atoms with van der Waals surface area (Å²) in [7, 11) is 4.59. The van der Waals surface area contributed by atoms with E-state index in [0.717, 1.165) is 51.4 Å². The van der Waals surface area contributed by atoms with Crippen LogP contribution in [-0.2, 0) is 25.5 Å². The number of carbonyl (C=O) groups is 2. The molecule has 0 aliphatic carbocycles. The summed E-state index contributed by atoms with van der Waals surface area (Å²) < 4.78 is 27.6. The van der Waals surface area contributed by atoms with Gasteiger partial charge in [0.15, 0.2) is 17.4 Å². The van der Waals surface area contributed by atoms with E-state index in [1.165, 1.54) is 21.3 Å². The summed E-state index contributed by atoms with van der Waals surface area (Å²) in [4.78, 5) is 26.4. The fourth-order valence-corrected chi connectivity index (χ4v) is 4.15. The second-order valence-electron chi connectivity index (χ2n) is 9.38. The van der Waals surface area contributed by atoms with Crippen molar-refractivity contribution >= 4 is 11.9 Å². The molecular weight excluding hydrogens is 460 g/mol. The van der Waals surface area contributed by atoms with Crippen molar-refractivity contribution in [2.75, 3.05) is 34.5 Å². The van der Waals surface area contributed by atoms with Crippen molar-refractivity contribution in [1.82, 2.24) is 0 Å². The van der Waals surface area contributed by atoms with Gasteiger partial charge in [-0.3, -0.25) is 9.59 Å². The normalized spacial score (nSPS) is 13.4. The Labute approximate surface area is 218 Å². The van der Waals surface area contributed by atoms with Crippen LogP contribution in [0.1, 0.15) is 84.6 Å². The van der Waals surface area contributed by atoms with Crippen LogP contribution in [0.3, 0.4) is 0 Å². The summed E-state index contributed by atoms with van der Waals surface area (Å²) in [6.07, 6.45) is 8.32. The predicted molar refractivity (Wildman–Crippen MR) is 142 cm³/mol. The van der Waals surface area contributed by atoms with Gasteiger partial charge in [0.1, 0.15) is 0 Å². The Bertz CT molecular complexity index is 720. The molecule has 206 valence electrons. The molecule has 7 nitrogen and oxygen atoms in total. The van der Waals surface area contributed by atoms with Gasteiger partial charge >= 0.3 is 11.9 Å². The van der Waals surface area contributed by atoms with Crippen LogP contribution in [0.5, 0.6) is 17.2 Å². The van der Waals surface area contributed by atoms with Gasteiger partial charge in [-0.05, 0) is 48.8 Å². The number of ether oxygens (including phenoxy) is 5. The van der Waals surface area contributed by atoms with Crippen LogP contribution in [0.2, 0.25) is 0 Å². The molecule has 1 aromatic carbocycles. The first-order valence-electron chi connectivity index (χ1n) is 13.5. The third-order valence-electron chi connectivity index (χ3n) is 6.74. The second-order valence-corrected chi connectivity index (χ2v) is 9.38. The summed E-state index contributed by atoms with van der Waals surface area (Å²) >= 11 is 0. The smallest absolute Gasteiger partial charge is 0.320 e. The first-order valence-corrected chi connectivity index (χ1v) is 13.5. The molecule has 0 bridgehead atoms. The lowest BCUT2D eigenvalue weighted by molar-refractivity contribution is -0.163. The fraction of sp³-hybridized carbons (Fsp3) is 0.724. The predicted octanol–water partition coefficient (Wildman–Crippen LogP) is 6.39. The number of hydrogen-bond acceptors (Lipinski definition) is 7. The largest absolute Gasteiger partial charge is 0.493 e. The van der Waals surface area contributed by atoms with Crippen molar-refractivity contribution in [3.8, 4) is 17.2 Å². The van der Waals surface area contributed by atoms with Crippen LogP contribution in [0.25, 0.3) is 0 Å². The number of methoxy groups -OCH3 is 3. The standard InChI is InChI=1S/C29H48O7/c1-8-12-14-21(10-3)19-35-28(30)24(29(31)36-20-22(11-4)15-13-9-2)16-23-17-25(32-5)27(34-7)26(18-23)33-6/h17-18,21-22,24H,8-16,19-20H2,1-7H3. The minimum Gasteiger partial charge on any atom is -0.493 e. The molecule has 7 heteroatoms. The lowest BCUT2D eigenvalue weighted by Gasteiger charge is -2.21. The van der Waals surface area contributed by atoms with Crippen molar-refractivity contribution in [3.63, 3.8) is 0 Å². The Balaban J connectivity index is 3.11. The average Bonchev–Trinajstić information content (AvgIpc) is 2.90. The SMILES string of the molecule is CCCCC(CC)COC(=O)C(Cc1cc(OC)c(OC)c(OC)c1)C(=O)OCC(CC)CCCC. The minimum absolute atomic E-state index is 0.117. The molecule has 1 rings (SSSR count). The maximum Gasteiger partial charge on any atom is 0.320 e. The van der Waals surface area contributed by atoms with E-state index in [9.17, 15) is 9.59 Å². The molecule has 0 fully saturated rings. The van der Waals surface area contributed by atoms with Crippen molar-refractivity contribution in [2.24, 2.45) is 17.8 Å². The van der Waals surface area contributed by atoms with Crippen LogP contribution in [0.15, 0.2) is 12.1 Å². The maximum absolute atomic E-state index is 13.2. The van der Waals surface area contributed by atoms with Gasteiger partial charge in [-0.1, -0.05) is 66.2 Å². The van der Waals surface area contributed by atoms with E-state index in [-0.39, 0.29) is 18.3 Å².